The molecule has 1 amide bonds. The maximum atomic E-state index is 13.3. The van der Waals surface area contributed by atoms with Crippen LogP contribution in [0.2, 0.25) is 0 Å². The Morgan fingerprint density at radius 3 is 2.55 bits per heavy atom. The first-order valence-corrected chi connectivity index (χ1v) is 12.1. The van der Waals surface area contributed by atoms with E-state index in [0.717, 1.165) is 16.9 Å². The standard InChI is InChI=1S/C25H26N2O5S/c1-18-9-8-14-22(19(18)2)31-16-15-26-25(28)24-17-27(21-12-6-7-13-23(21)32-24)33(29,30)20-10-4-3-5-11-20/h3-14,24H,15-17H2,1-2H3,(H,26,28). The highest BCUT2D eigenvalue weighted by Crippen LogP contribution is 2.36. The second kappa shape index (κ2) is 9.54. The number of amides is 1. The molecule has 172 valence electrons. The van der Waals surface area contributed by atoms with Crippen LogP contribution in [-0.2, 0) is 14.8 Å². The van der Waals surface area contributed by atoms with E-state index in [9.17, 15) is 13.2 Å². The predicted molar refractivity (Wildman–Crippen MR) is 126 cm³/mol. The Balaban J connectivity index is 1.45. The van der Waals surface area contributed by atoms with E-state index < -0.39 is 22.0 Å². The summed E-state index contributed by atoms with van der Waals surface area (Å²) in [6.07, 6.45) is -0.987. The number of sulfonamides is 1. The number of hydrogen-bond acceptors (Lipinski definition) is 5. The molecule has 1 aliphatic heterocycles. The van der Waals surface area contributed by atoms with Crippen LogP contribution < -0.4 is 19.1 Å². The number of carbonyl (C=O) groups excluding carboxylic acids is 1. The number of anilines is 1. The minimum Gasteiger partial charge on any atom is -0.491 e. The van der Waals surface area contributed by atoms with Crippen LogP contribution in [0.25, 0.3) is 0 Å². The van der Waals surface area contributed by atoms with E-state index in [1.165, 1.54) is 16.4 Å². The molecule has 33 heavy (non-hydrogen) atoms. The monoisotopic (exact) mass is 466 g/mol. The van der Waals surface area contributed by atoms with Gasteiger partial charge in [0.2, 0.25) is 0 Å². The third kappa shape index (κ3) is 4.80. The van der Waals surface area contributed by atoms with Crippen molar-refractivity contribution in [1.29, 1.82) is 0 Å². The molecule has 1 unspecified atom stereocenters. The van der Waals surface area contributed by atoms with Crippen LogP contribution >= 0.6 is 0 Å². The van der Waals surface area contributed by atoms with Crippen molar-refractivity contribution in [3.63, 3.8) is 0 Å². The average Bonchev–Trinajstić information content (AvgIpc) is 2.84. The predicted octanol–water partition coefficient (Wildman–Crippen LogP) is 3.45. The lowest BCUT2D eigenvalue weighted by Crippen LogP contribution is -2.51. The summed E-state index contributed by atoms with van der Waals surface area (Å²) in [6.45, 7) is 4.41. The van der Waals surface area contributed by atoms with E-state index in [0.29, 0.717) is 11.4 Å². The number of para-hydroxylation sites is 2. The zero-order valence-electron chi connectivity index (χ0n) is 18.5. The molecule has 1 N–H and O–H groups in total. The minimum atomic E-state index is -3.86. The molecular weight excluding hydrogens is 440 g/mol. The molecule has 1 aliphatic rings. The number of aryl methyl sites for hydroxylation is 1. The van der Waals surface area contributed by atoms with Gasteiger partial charge in [-0.15, -0.1) is 0 Å². The van der Waals surface area contributed by atoms with Gasteiger partial charge in [0, 0.05) is 0 Å². The summed E-state index contributed by atoms with van der Waals surface area (Å²) in [5.41, 5.74) is 2.59. The largest absolute Gasteiger partial charge is 0.491 e. The molecule has 0 spiro atoms. The van der Waals surface area contributed by atoms with Crippen molar-refractivity contribution < 1.29 is 22.7 Å². The molecule has 0 saturated heterocycles. The van der Waals surface area contributed by atoms with Gasteiger partial charge < -0.3 is 14.8 Å². The van der Waals surface area contributed by atoms with Gasteiger partial charge in [0.05, 0.1) is 23.7 Å². The van der Waals surface area contributed by atoms with Gasteiger partial charge in [-0.05, 0) is 55.3 Å². The van der Waals surface area contributed by atoms with E-state index in [4.69, 9.17) is 9.47 Å². The summed E-state index contributed by atoms with van der Waals surface area (Å²) in [5, 5.41) is 2.79. The quantitative estimate of drug-likeness (QED) is 0.539. The van der Waals surface area contributed by atoms with Crippen molar-refractivity contribution in [2.45, 2.75) is 24.8 Å². The van der Waals surface area contributed by atoms with Gasteiger partial charge in [-0.1, -0.05) is 42.5 Å². The van der Waals surface area contributed by atoms with Crippen molar-refractivity contribution >= 4 is 21.6 Å². The van der Waals surface area contributed by atoms with Crippen LogP contribution in [0.4, 0.5) is 5.69 Å². The van der Waals surface area contributed by atoms with Gasteiger partial charge in [-0.2, -0.15) is 0 Å². The molecular formula is C25H26N2O5S. The summed E-state index contributed by atoms with van der Waals surface area (Å²) in [7, 11) is -3.86. The van der Waals surface area contributed by atoms with E-state index in [1.54, 1.807) is 42.5 Å². The molecule has 0 bridgehead atoms. The van der Waals surface area contributed by atoms with Gasteiger partial charge in [0.1, 0.15) is 18.1 Å². The molecule has 7 nitrogen and oxygen atoms in total. The molecule has 3 aromatic rings. The maximum absolute atomic E-state index is 13.3. The number of fused-ring (bicyclic) bond motifs is 1. The SMILES string of the molecule is Cc1cccc(OCCNC(=O)C2CN(S(=O)(=O)c3ccccc3)c3ccccc3O2)c1C. The van der Waals surface area contributed by atoms with Crippen LogP contribution in [-0.4, -0.2) is 40.1 Å². The summed E-state index contributed by atoms with van der Waals surface area (Å²) >= 11 is 0. The van der Waals surface area contributed by atoms with Gasteiger partial charge in [0.15, 0.2) is 6.10 Å². The third-order valence-electron chi connectivity index (χ3n) is 5.57. The average molecular weight is 467 g/mol. The van der Waals surface area contributed by atoms with Gasteiger partial charge >= 0.3 is 0 Å². The summed E-state index contributed by atoms with van der Waals surface area (Å²) in [4.78, 5) is 13.0. The van der Waals surface area contributed by atoms with Crippen molar-refractivity contribution in [3.8, 4) is 11.5 Å². The van der Waals surface area contributed by atoms with Crippen LogP contribution in [0.1, 0.15) is 11.1 Å². The highest BCUT2D eigenvalue weighted by molar-refractivity contribution is 7.92. The molecule has 0 radical (unpaired) electrons. The number of nitrogens with one attached hydrogen (secondary N) is 1. The van der Waals surface area contributed by atoms with Gasteiger partial charge in [-0.3, -0.25) is 9.10 Å². The highest BCUT2D eigenvalue weighted by atomic mass is 32.2. The van der Waals surface area contributed by atoms with E-state index in [-0.39, 0.29) is 24.6 Å². The van der Waals surface area contributed by atoms with Gasteiger partial charge in [-0.25, -0.2) is 8.42 Å². The highest BCUT2D eigenvalue weighted by Gasteiger charge is 2.37. The third-order valence-corrected chi connectivity index (χ3v) is 7.37. The Kier molecular flexibility index (Phi) is 6.55. The molecule has 0 fully saturated rings. The smallest absolute Gasteiger partial charge is 0.264 e. The van der Waals surface area contributed by atoms with Crippen molar-refractivity contribution in [2.75, 3.05) is 24.0 Å². The fourth-order valence-electron chi connectivity index (χ4n) is 3.62. The second-order valence-corrected chi connectivity index (χ2v) is 9.62. The Bertz CT molecular complexity index is 1240. The van der Waals surface area contributed by atoms with E-state index in [2.05, 4.69) is 5.32 Å². The number of carbonyl (C=O) groups is 1. The van der Waals surface area contributed by atoms with Crippen LogP contribution in [0.5, 0.6) is 11.5 Å². The first kappa shape index (κ1) is 22.7. The van der Waals surface area contributed by atoms with Gasteiger partial charge in [0.25, 0.3) is 15.9 Å². The lowest BCUT2D eigenvalue weighted by Gasteiger charge is -2.34. The molecule has 1 atom stereocenters. The summed E-state index contributed by atoms with van der Waals surface area (Å²) in [5.74, 6) is 0.713. The summed E-state index contributed by atoms with van der Waals surface area (Å²) in [6, 6.07) is 20.8. The Morgan fingerprint density at radius 1 is 1.03 bits per heavy atom. The van der Waals surface area contributed by atoms with Crippen molar-refractivity contribution in [3.05, 3.63) is 83.9 Å². The molecule has 3 aromatic carbocycles. The lowest BCUT2D eigenvalue weighted by molar-refractivity contribution is -0.127. The first-order valence-electron chi connectivity index (χ1n) is 10.7. The molecule has 0 aromatic heterocycles. The lowest BCUT2D eigenvalue weighted by atomic mass is 10.1. The van der Waals surface area contributed by atoms with Crippen molar-refractivity contribution in [2.24, 2.45) is 0 Å². The second-order valence-electron chi connectivity index (χ2n) is 7.76. The Morgan fingerprint density at radius 2 is 1.76 bits per heavy atom. The van der Waals surface area contributed by atoms with Crippen LogP contribution in [0.15, 0.2) is 77.7 Å². The number of nitrogens with zero attached hydrogens (tertiary/aromatic N) is 1. The zero-order valence-corrected chi connectivity index (χ0v) is 19.3. The summed E-state index contributed by atoms with van der Waals surface area (Å²) < 4.78 is 39.5. The molecule has 1 heterocycles. The normalized spacial score (nSPS) is 15.3. The number of ether oxygens (including phenoxy) is 2. The number of benzene rings is 3. The molecule has 4 rings (SSSR count). The topological polar surface area (TPSA) is 84.9 Å². The Hall–Kier alpha value is -3.52. The zero-order chi connectivity index (χ0) is 23.4. The van der Waals surface area contributed by atoms with Crippen LogP contribution in [0.3, 0.4) is 0 Å². The molecule has 0 saturated carbocycles. The Labute approximate surface area is 194 Å². The van der Waals surface area contributed by atoms with E-state index >= 15 is 0 Å². The number of rotatable bonds is 7. The van der Waals surface area contributed by atoms with Crippen LogP contribution in [0, 0.1) is 13.8 Å². The minimum absolute atomic E-state index is 0.127. The fourth-order valence-corrected chi connectivity index (χ4v) is 5.11. The molecule has 0 aliphatic carbocycles. The maximum Gasteiger partial charge on any atom is 0.264 e. The van der Waals surface area contributed by atoms with Crippen molar-refractivity contribution in [1.82, 2.24) is 5.32 Å². The van der Waals surface area contributed by atoms with E-state index in [1.807, 2.05) is 32.0 Å². The number of hydrogen-bond donors (Lipinski definition) is 1. The first-order chi connectivity index (χ1) is 15.9. The molecule has 8 heteroatoms. The fraction of sp³-hybridized carbons (Fsp3) is 0.240.